The van der Waals surface area contributed by atoms with Gasteiger partial charge in [-0.2, -0.15) is 0 Å². The van der Waals surface area contributed by atoms with Gasteiger partial charge in [-0.1, -0.05) is 54.6 Å². The number of quaternary nitrogens is 1. The van der Waals surface area contributed by atoms with Crippen molar-refractivity contribution in [2.75, 3.05) is 13.7 Å². The van der Waals surface area contributed by atoms with Gasteiger partial charge in [-0.15, -0.1) is 0 Å². The Labute approximate surface area is 154 Å². The van der Waals surface area contributed by atoms with E-state index in [4.69, 9.17) is 4.74 Å². The Morgan fingerprint density at radius 2 is 1.77 bits per heavy atom. The molecule has 3 aromatic carbocycles. The zero-order chi connectivity index (χ0) is 18.4. The van der Waals surface area contributed by atoms with E-state index in [1.807, 2.05) is 30.3 Å². The van der Waals surface area contributed by atoms with Crippen molar-refractivity contribution in [1.82, 2.24) is 5.32 Å². The number of amides is 1. The summed E-state index contributed by atoms with van der Waals surface area (Å²) < 4.78 is 5.14. The lowest BCUT2D eigenvalue weighted by Gasteiger charge is -2.14. The minimum absolute atomic E-state index is 0.0351. The molecule has 134 valence electrons. The van der Waals surface area contributed by atoms with Crippen LogP contribution in [0.4, 0.5) is 0 Å². The Morgan fingerprint density at radius 1 is 1.04 bits per heavy atom. The van der Waals surface area contributed by atoms with Crippen LogP contribution in [0.15, 0.2) is 66.7 Å². The second kappa shape index (κ2) is 8.50. The first-order valence-corrected chi connectivity index (χ1v) is 8.88. The molecule has 0 saturated heterocycles. The molecular weight excluding hydrogens is 324 g/mol. The van der Waals surface area contributed by atoms with Crippen LogP contribution in [0.25, 0.3) is 10.8 Å². The average molecular weight is 349 g/mol. The van der Waals surface area contributed by atoms with Gasteiger partial charge in [-0.3, -0.25) is 4.79 Å². The van der Waals surface area contributed by atoms with E-state index >= 15 is 0 Å². The summed E-state index contributed by atoms with van der Waals surface area (Å²) in [5.41, 5.74) is 2.31. The number of carbonyl (C=O) groups excluding carboxylic acids is 1. The van der Waals surface area contributed by atoms with Gasteiger partial charge in [0.1, 0.15) is 11.8 Å². The Morgan fingerprint density at radius 3 is 2.54 bits per heavy atom. The first-order chi connectivity index (χ1) is 12.7. The molecule has 0 aromatic heterocycles. The molecule has 26 heavy (non-hydrogen) atoms. The summed E-state index contributed by atoms with van der Waals surface area (Å²) >= 11 is 0. The third-order valence-corrected chi connectivity index (χ3v) is 4.62. The molecule has 3 rings (SSSR count). The molecule has 4 heteroatoms. The highest BCUT2D eigenvalue weighted by molar-refractivity contribution is 5.86. The molecule has 0 saturated carbocycles. The predicted octanol–water partition coefficient (Wildman–Crippen LogP) is 2.79. The predicted molar refractivity (Wildman–Crippen MR) is 104 cm³/mol. The molecule has 0 aliphatic carbocycles. The van der Waals surface area contributed by atoms with Crippen LogP contribution < -0.4 is 15.4 Å². The second-order valence-corrected chi connectivity index (χ2v) is 6.42. The van der Waals surface area contributed by atoms with Gasteiger partial charge in [0.2, 0.25) is 0 Å². The first kappa shape index (κ1) is 18.0. The monoisotopic (exact) mass is 349 g/mol. The Hall–Kier alpha value is -2.85. The van der Waals surface area contributed by atoms with Crippen molar-refractivity contribution >= 4 is 16.7 Å². The van der Waals surface area contributed by atoms with Crippen molar-refractivity contribution < 1.29 is 14.8 Å². The summed E-state index contributed by atoms with van der Waals surface area (Å²) in [6, 6.07) is 22.6. The van der Waals surface area contributed by atoms with Crippen LogP contribution in [-0.2, 0) is 11.3 Å². The molecule has 0 bridgehead atoms. The first-order valence-electron chi connectivity index (χ1n) is 8.88. The lowest BCUT2D eigenvalue weighted by molar-refractivity contribution is -0.682. The zero-order valence-corrected chi connectivity index (χ0v) is 15.2. The average Bonchev–Trinajstić information content (AvgIpc) is 2.70. The molecular formula is C22H25N2O2+. The van der Waals surface area contributed by atoms with E-state index < -0.39 is 0 Å². The number of nitrogens with two attached hydrogens (primary N) is 1. The van der Waals surface area contributed by atoms with Gasteiger partial charge in [0.15, 0.2) is 6.54 Å². The molecule has 0 heterocycles. The van der Waals surface area contributed by atoms with Gasteiger partial charge in [0, 0.05) is 12.1 Å². The highest BCUT2D eigenvalue weighted by Gasteiger charge is 2.13. The maximum absolute atomic E-state index is 12.2. The number of carbonyl (C=O) groups is 1. The van der Waals surface area contributed by atoms with Crippen molar-refractivity contribution in [1.29, 1.82) is 0 Å². The summed E-state index contributed by atoms with van der Waals surface area (Å²) in [7, 11) is 1.64. The molecule has 4 nitrogen and oxygen atoms in total. The summed E-state index contributed by atoms with van der Waals surface area (Å²) in [5.74, 6) is 0.852. The number of ether oxygens (including phenoxy) is 1. The molecule has 0 fully saturated rings. The number of methoxy groups -OCH3 is 1. The van der Waals surface area contributed by atoms with Gasteiger partial charge in [0.25, 0.3) is 5.91 Å². The fourth-order valence-corrected chi connectivity index (χ4v) is 3.07. The zero-order valence-electron chi connectivity index (χ0n) is 15.2. The lowest BCUT2D eigenvalue weighted by atomic mass is 10.00. The van der Waals surface area contributed by atoms with Gasteiger partial charge in [0.05, 0.1) is 7.11 Å². The highest BCUT2D eigenvalue weighted by atomic mass is 16.5. The lowest BCUT2D eigenvalue weighted by Crippen LogP contribution is -2.87. The van der Waals surface area contributed by atoms with E-state index in [-0.39, 0.29) is 11.9 Å². The number of fused-ring (bicyclic) bond motifs is 1. The van der Waals surface area contributed by atoms with Crippen LogP contribution in [0.3, 0.4) is 0 Å². The van der Waals surface area contributed by atoms with Gasteiger partial charge in [-0.05, 0) is 35.4 Å². The van der Waals surface area contributed by atoms with Crippen LogP contribution in [0.2, 0.25) is 0 Å². The molecule has 0 radical (unpaired) electrons. The summed E-state index contributed by atoms with van der Waals surface area (Å²) in [4.78, 5) is 12.2. The van der Waals surface area contributed by atoms with E-state index in [9.17, 15) is 4.79 Å². The van der Waals surface area contributed by atoms with Crippen LogP contribution in [0.5, 0.6) is 5.75 Å². The molecule has 0 spiro atoms. The van der Waals surface area contributed by atoms with Crippen molar-refractivity contribution in [2.24, 2.45) is 0 Å². The maximum atomic E-state index is 12.2. The van der Waals surface area contributed by atoms with Crippen molar-refractivity contribution in [3.05, 3.63) is 77.9 Å². The van der Waals surface area contributed by atoms with Crippen molar-refractivity contribution in [3.63, 3.8) is 0 Å². The fraction of sp³-hybridized carbons (Fsp3) is 0.227. The van der Waals surface area contributed by atoms with Gasteiger partial charge < -0.3 is 15.4 Å². The Balaban J connectivity index is 1.53. The normalized spacial score (nSPS) is 11.9. The SMILES string of the molecule is COc1ccc(CNC(=O)C[NH2+][C@@H](C)c2cccc3ccccc23)cc1. The number of hydrogen-bond acceptors (Lipinski definition) is 2. The number of hydrogen-bond donors (Lipinski definition) is 2. The highest BCUT2D eigenvalue weighted by Crippen LogP contribution is 2.21. The van der Waals surface area contributed by atoms with E-state index in [0.717, 1.165) is 11.3 Å². The molecule has 1 amide bonds. The minimum atomic E-state index is 0.0351. The van der Waals surface area contributed by atoms with Crippen LogP contribution in [0, 0.1) is 0 Å². The number of benzene rings is 3. The standard InChI is InChI=1S/C22H24N2O2/c1-16(20-9-5-7-18-6-3-4-8-21(18)20)23-15-22(25)24-14-17-10-12-19(26-2)13-11-17/h3-13,16,23H,14-15H2,1-2H3,(H,24,25)/p+1/t16-/m0/s1. The quantitative estimate of drug-likeness (QED) is 0.689. The van der Waals surface area contributed by atoms with Crippen LogP contribution >= 0.6 is 0 Å². The third kappa shape index (κ3) is 4.41. The summed E-state index contributed by atoms with van der Waals surface area (Å²) in [6.45, 7) is 3.07. The van der Waals surface area contributed by atoms with Crippen molar-refractivity contribution in [3.8, 4) is 5.75 Å². The maximum Gasteiger partial charge on any atom is 0.275 e. The summed E-state index contributed by atoms with van der Waals surface area (Å²) in [5, 5.41) is 7.52. The Bertz CT molecular complexity index is 869. The van der Waals surface area contributed by atoms with E-state index in [2.05, 4.69) is 54.0 Å². The van der Waals surface area contributed by atoms with Crippen LogP contribution in [0.1, 0.15) is 24.1 Å². The molecule has 3 aromatic rings. The smallest absolute Gasteiger partial charge is 0.275 e. The second-order valence-electron chi connectivity index (χ2n) is 6.42. The largest absolute Gasteiger partial charge is 0.497 e. The number of nitrogens with one attached hydrogen (secondary N) is 1. The van der Waals surface area contributed by atoms with Gasteiger partial charge >= 0.3 is 0 Å². The molecule has 0 aliphatic rings. The minimum Gasteiger partial charge on any atom is -0.497 e. The third-order valence-electron chi connectivity index (χ3n) is 4.62. The summed E-state index contributed by atoms with van der Waals surface area (Å²) in [6.07, 6.45) is 0. The number of rotatable bonds is 7. The van der Waals surface area contributed by atoms with E-state index in [1.165, 1.54) is 16.3 Å². The fourth-order valence-electron chi connectivity index (χ4n) is 3.07. The molecule has 1 atom stereocenters. The van der Waals surface area contributed by atoms with Crippen molar-refractivity contribution in [2.45, 2.75) is 19.5 Å². The molecule has 0 aliphatic heterocycles. The van der Waals surface area contributed by atoms with Gasteiger partial charge in [-0.25, -0.2) is 0 Å². The van der Waals surface area contributed by atoms with E-state index in [0.29, 0.717) is 13.1 Å². The molecule has 0 unspecified atom stereocenters. The Kier molecular flexibility index (Phi) is 5.87. The molecule has 3 N–H and O–H groups in total. The van der Waals surface area contributed by atoms with E-state index in [1.54, 1.807) is 7.11 Å². The topological polar surface area (TPSA) is 54.9 Å². The van der Waals surface area contributed by atoms with Crippen LogP contribution in [-0.4, -0.2) is 19.6 Å².